The first kappa shape index (κ1) is 15.9. The van der Waals surface area contributed by atoms with Gasteiger partial charge in [-0.25, -0.2) is 0 Å². The number of carbonyl (C=O) groups excluding carboxylic acids is 1. The Bertz CT molecular complexity index is 1130. The van der Waals surface area contributed by atoms with Crippen molar-refractivity contribution >= 4 is 16.8 Å². The number of benzene rings is 2. The fourth-order valence-electron chi connectivity index (χ4n) is 3.85. The molecule has 27 heavy (non-hydrogen) atoms. The predicted octanol–water partition coefficient (Wildman–Crippen LogP) is 2.61. The van der Waals surface area contributed by atoms with Crippen LogP contribution in [0.15, 0.2) is 47.4 Å². The number of carbonyl (C=O) groups is 1. The molecule has 0 unspecified atom stereocenters. The molecule has 6 heteroatoms. The van der Waals surface area contributed by atoms with E-state index < -0.39 is 0 Å². The topological polar surface area (TPSA) is 69.6 Å². The van der Waals surface area contributed by atoms with Crippen LogP contribution in [0.4, 0.5) is 0 Å². The smallest absolute Gasteiger partial charge is 0.257 e. The summed E-state index contributed by atoms with van der Waals surface area (Å²) in [6.07, 6.45) is 3.67. The second-order valence-corrected chi connectivity index (χ2v) is 6.85. The van der Waals surface area contributed by atoms with Crippen molar-refractivity contribution < 1.29 is 14.3 Å². The fourth-order valence-corrected chi connectivity index (χ4v) is 3.85. The Labute approximate surface area is 155 Å². The third-order valence-electron chi connectivity index (χ3n) is 5.16. The van der Waals surface area contributed by atoms with Gasteiger partial charge in [0.1, 0.15) is 5.56 Å². The van der Waals surface area contributed by atoms with Crippen LogP contribution in [-0.4, -0.2) is 17.3 Å². The summed E-state index contributed by atoms with van der Waals surface area (Å²) in [4.78, 5) is 25.6. The van der Waals surface area contributed by atoms with E-state index in [0.717, 1.165) is 30.5 Å². The van der Waals surface area contributed by atoms with Crippen LogP contribution in [0.2, 0.25) is 0 Å². The maximum atomic E-state index is 12.9. The lowest BCUT2D eigenvalue weighted by atomic mass is 10.00. The molecule has 0 atom stereocenters. The fraction of sp³-hybridized carbons (Fsp3) is 0.238. The molecule has 2 aliphatic rings. The highest BCUT2D eigenvalue weighted by Gasteiger charge is 2.19. The Morgan fingerprint density at radius 2 is 2.04 bits per heavy atom. The summed E-state index contributed by atoms with van der Waals surface area (Å²) in [6.45, 7) is 1.34. The lowest BCUT2D eigenvalue weighted by Crippen LogP contribution is -2.30. The quantitative estimate of drug-likeness (QED) is 0.778. The van der Waals surface area contributed by atoms with Gasteiger partial charge in [-0.05, 0) is 42.2 Å². The Morgan fingerprint density at radius 1 is 1.15 bits per heavy atom. The zero-order chi connectivity index (χ0) is 18.4. The SMILES string of the molecule is O=C(NCc1ccc2c(c1)OCO2)c1cn2c3c(cccc3c1=O)CCC2. The molecule has 1 amide bonds. The summed E-state index contributed by atoms with van der Waals surface area (Å²) in [5, 5.41) is 3.46. The summed E-state index contributed by atoms with van der Waals surface area (Å²) in [6, 6.07) is 11.3. The molecule has 3 heterocycles. The van der Waals surface area contributed by atoms with Crippen molar-refractivity contribution in [3.8, 4) is 11.5 Å². The predicted molar refractivity (Wildman–Crippen MR) is 100 cm³/mol. The van der Waals surface area contributed by atoms with Gasteiger partial charge in [0.25, 0.3) is 5.91 Å². The van der Waals surface area contributed by atoms with E-state index in [4.69, 9.17) is 9.47 Å². The van der Waals surface area contributed by atoms with E-state index in [1.165, 1.54) is 5.56 Å². The minimum absolute atomic E-state index is 0.183. The van der Waals surface area contributed by atoms with E-state index in [2.05, 4.69) is 11.4 Å². The van der Waals surface area contributed by atoms with Gasteiger partial charge in [0.2, 0.25) is 12.2 Å². The number of nitrogens with one attached hydrogen (secondary N) is 1. The number of hydrogen-bond acceptors (Lipinski definition) is 4. The molecule has 3 aromatic rings. The molecule has 0 spiro atoms. The molecule has 2 aliphatic heterocycles. The van der Waals surface area contributed by atoms with Crippen molar-refractivity contribution in [3.63, 3.8) is 0 Å². The Morgan fingerprint density at radius 3 is 2.96 bits per heavy atom. The molecule has 6 nitrogen and oxygen atoms in total. The largest absolute Gasteiger partial charge is 0.454 e. The van der Waals surface area contributed by atoms with Gasteiger partial charge >= 0.3 is 0 Å². The van der Waals surface area contributed by atoms with Crippen LogP contribution < -0.4 is 20.2 Å². The lowest BCUT2D eigenvalue weighted by Gasteiger charge is -2.20. The van der Waals surface area contributed by atoms with Crippen molar-refractivity contribution in [2.24, 2.45) is 0 Å². The van der Waals surface area contributed by atoms with Gasteiger partial charge in [0, 0.05) is 24.7 Å². The molecular formula is C21H18N2O4. The molecular weight excluding hydrogens is 344 g/mol. The first-order valence-corrected chi connectivity index (χ1v) is 9.02. The molecule has 0 radical (unpaired) electrons. The van der Waals surface area contributed by atoms with Crippen LogP contribution in [0.1, 0.15) is 27.9 Å². The van der Waals surface area contributed by atoms with E-state index in [1.807, 2.05) is 28.8 Å². The summed E-state index contributed by atoms with van der Waals surface area (Å²) in [5.41, 5.74) is 2.98. The third kappa shape index (κ3) is 2.65. The molecule has 2 aromatic carbocycles. The van der Waals surface area contributed by atoms with Crippen molar-refractivity contribution in [2.75, 3.05) is 6.79 Å². The summed E-state index contributed by atoms with van der Waals surface area (Å²) in [7, 11) is 0. The number of fused-ring (bicyclic) bond motifs is 1. The highest BCUT2D eigenvalue weighted by molar-refractivity contribution is 5.97. The van der Waals surface area contributed by atoms with Gasteiger partial charge in [-0.1, -0.05) is 18.2 Å². The van der Waals surface area contributed by atoms with Crippen LogP contribution in [0.5, 0.6) is 11.5 Å². The second-order valence-electron chi connectivity index (χ2n) is 6.85. The Kier molecular flexibility index (Phi) is 3.63. The lowest BCUT2D eigenvalue weighted by molar-refractivity contribution is 0.0949. The number of rotatable bonds is 3. The van der Waals surface area contributed by atoms with Crippen molar-refractivity contribution in [1.29, 1.82) is 0 Å². The van der Waals surface area contributed by atoms with Crippen LogP contribution in [0.3, 0.4) is 0 Å². The molecule has 0 saturated heterocycles. The van der Waals surface area contributed by atoms with Gasteiger partial charge in [-0.3, -0.25) is 9.59 Å². The number of pyridine rings is 1. The van der Waals surface area contributed by atoms with Crippen molar-refractivity contribution in [1.82, 2.24) is 9.88 Å². The van der Waals surface area contributed by atoms with Crippen LogP contribution in [0, 0.1) is 0 Å². The molecule has 0 aliphatic carbocycles. The minimum atomic E-state index is -0.362. The highest BCUT2D eigenvalue weighted by Crippen LogP contribution is 2.32. The molecule has 1 N–H and O–H groups in total. The van der Waals surface area contributed by atoms with Gasteiger partial charge < -0.3 is 19.4 Å². The summed E-state index contributed by atoms with van der Waals surface area (Å²) >= 11 is 0. The first-order chi connectivity index (χ1) is 13.2. The Balaban J connectivity index is 1.44. The highest BCUT2D eigenvalue weighted by atomic mass is 16.7. The average molecular weight is 362 g/mol. The molecule has 5 rings (SSSR count). The normalized spacial score (nSPS) is 14.4. The number of ether oxygens (including phenoxy) is 2. The number of amides is 1. The van der Waals surface area contributed by atoms with Crippen LogP contribution in [0.25, 0.3) is 10.9 Å². The Hall–Kier alpha value is -3.28. The third-order valence-corrected chi connectivity index (χ3v) is 5.16. The molecule has 0 saturated carbocycles. The van der Waals surface area contributed by atoms with E-state index >= 15 is 0 Å². The zero-order valence-corrected chi connectivity index (χ0v) is 14.7. The van der Waals surface area contributed by atoms with E-state index in [-0.39, 0.29) is 23.7 Å². The van der Waals surface area contributed by atoms with Crippen molar-refractivity contribution in [2.45, 2.75) is 25.9 Å². The number of nitrogens with zero attached hydrogens (tertiary/aromatic N) is 1. The average Bonchev–Trinajstić information content (AvgIpc) is 3.16. The van der Waals surface area contributed by atoms with E-state index in [9.17, 15) is 9.59 Å². The van der Waals surface area contributed by atoms with Crippen LogP contribution >= 0.6 is 0 Å². The van der Waals surface area contributed by atoms with Gasteiger partial charge in [0.05, 0.1) is 5.52 Å². The number of aryl methyl sites for hydroxylation is 2. The van der Waals surface area contributed by atoms with Crippen LogP contribution in [-0.2, 0) is 19.5 Å². The van der Waals surface area contributed by atoms with E-state index in [0.29, 0.717) is 23.4 Å². The second kappa shape index (κ2) is 6.16. The minimum Gasteiger partial charge on any atom is -0.454 e. The number of para-hydroxylation sites is 1. The number of aromatic nitrogens is 1. The van der Waals surface area contributed by atoms with E-state index in [1.54, 1.807) is 12.3 Å². The monoisotopic (exact) mass is 362 g/mol. The van der Waals surface area contributed by atoms with Gasteiger partial charge in [-0.15, -0.1) is 0 Å². The maximum absolute atomic E-state index is 12.9. The summed E-state index contributed by atoms with van der Waals surface area (Å²) in [5.74, 6) is 1.01. The number of hydrogen-bond donors (Lipinski definition) is 1. The molecule has 136 valence electrons. The summed E-state index contributed by atoms with van der Waals surface area (Å²) < 4.78 is 12.7. The molecule has 0 bridgehead atoms. The van der Waals surface area contributed by atoms with Crippen molar-refractivity contribution in [3.05, 3.63) is 69.5 Å². The molecule has 1 aromatic heterocycles. The standard InChI is InChI=1S/C21H18N2O4/c24-20-15-5-1-3-14-4-2-8-23(19(14)15)11-16(20)21(25)22-10-13-6-7-17-18(9-13)27-12-26-17/h1,3,5-7,9,11H,2,4,8,10,12H2,(H,22,25). The van der Waals surface area contributed by atoms with Gasteiger partial charge in [-0.2, -0.15) is 0 Å². The first-order valence-electron chi connectivity index (χ1n) is 9.02. The zero-order valence-electron chi connectivity index (χ0n) is 14.7. The molecule has 0 fully saturated rings. The maximum Gasteiger partial charge on any atom is 0.257 e. The van der Waals surface area contributed by atoms with Gasteiger partial charge in [0.15, 0.2) is 11.5 Å².